The fraction of sp³-hybridized carbons (Fsp3) is 0.312. The quantitative estimate of drug-likeness (QED) is 0.590. The zero-order chi connectivity index (χ0) is 15.2. The van der Waals surface area contributed by atoms with E-state index in [1.165, 1.54) is 0 Å². The number of rotatable bonds is 7. The molecule has 0 aliphatic rings. The van der Waals surface area contributed by atoms with Gasteiger partial charge in [0.05, 0.1) is 17.1 Å². The van der Waals surface area contributed by atoms with Crippen molar-refractivity contribution < 1.29 is 9.59 Å². The standard InChI is InChI=1S/C16H18N3O2/c17-8-4-3-6-13(18)16(21)15-12(10-20)9-11-5-1-2-7-14(11)19-15/h1-2,5,7,9,13H,3-4,6,8,17-18H2/t13-/m1/s1. The molecule has 2 rings (SSSR count). The third-order valence-corrected chi connectivity index (χ3v) is 3.37. The van der Waals surface area contributed by atoms with Crippen molar-refractivity contribution in [2.24, 2.45) is 11.5 Å². The molecule has 0 saturated heterocycles. The van der Waals surface area contributed by atoms with E-state index in [2.05, 4.69) is 4.98 Å². The van der Waals surface area contributed by atoms with Crippen LogP contribution in [0.15, 0.2) is 30.3 Å². The molecular formula is C16H18N3O2. The van der Waals surface area contributed by atoms with Gasteiger partial charge in [-0.2, -0.15) is 0 Å². The first kappa shape index (κ1) is 15.3. The third kappa shape index (κ3) is 3.51. The summed E-state index contributed by atoms with van der Waals surface area (Å²) in [5, 5.41) is 0.795. The Kier molecular flexibility index (Phi) is 5.14. The molecule has 0 aliphatic carbocycles. The molecule has 109 valence electrons. The molecule has 0 fully saturated rings. The normalized spacial score (nSPS) is 12.3. The Hall–Kier alpha value is -2.11. The first-order valence-electron chi connectivity index (χ1n) is 6.95. The largest absolute Gasteiger partial charge is 0.330 e. The van der Waals surface area contributed by atoms with Crippen LogP contribution in [0.3, 0.4) is 0 Å². The minimum Gasteiger partial charge on any atom is -0.330 e. The lowest BCUT2D eigenvalue weighted by molar-refractivity contribution is 0.0951. The zero-order valence-corrected chi connectivity index (χ0v) is 11.7. The molecule has 1 heterocycles. The molecule has 0 spiro atoms. The highest BCUT2D eigenvalue weighted by Crippen LogP contribution is 2.17. The predicted octanol–water partition coefficient (Wildman–Crippen LogP) is 1.33. The number of para-hydroxylation sites is 1. The van der Waals surface area contributed by atoms with Crippen molar-refractivity contribution in [3.63, 3.8) is 0 Å². The number of nitrogens with two attached hydrogens (primary N) is 2. The number of ketones is 1. The fourth-order valence-corrected chi connectivity index (χ4v) is 2.20. The van der Waals surface area contributed by atoms with Gasteiger partial charge in [-0.25, -0.2) is 4.98 Å². The Balaban J connectivity index is 2.31. The summed E-state index contributed by atoms with van der Waals surface area (Å²) < 4.78 is 0. The summed E-state index contributed by atoms with van der Waals surface area (Å²) in [6, 6.07) is 8.25. The molecular weight excluding hydrogens is 266 g/mol. The van der Waals surface area contributed by atoms with Gasteiger partial charge in [0.2, 0.25) is 6.29 Å². The number of unbranched alkanes of at least 4 members (excludes halogenated alkanes) is 1. The second kappa shape index (κ2) is 7.06. The molecule has 21 heavy (non-hydrogen) atoms. The summed E-state index contributed by atoms with van der Waals surface area (Å²) in [5.41, 5.74) is 12.2. The van der Waals surface area contributed by atoms with E-state index in [9.17, 15) is 9.59 Å². The maximum Gasteiger partial charge on any atom is 0.235 e. The van der Waals surface area contributed by atoms with Gasteiger partial charge in [-0.3, -0.25) is 9.59 Å². The van der Waals surface area contributed by atoms with E-state index in [0.29, 0.717) is 18.5 Å². The molecule has 0 aliphatic heterocycles. The summed E-state index contributed by atoms with van der Waals surface area (Å²) >= 11 is 0. The minimum absolute atomic E-state index is 0.101. The molecule has 1 aromatic heterocycles. The first-order chi connectivity index (χ1) is 10.2. The van der Waals surface area contributed by atoms with Crippen LogP contribution in [0.25, 0.3) is 10.9 Å². The number of pyridine rings is 1. The van der Waals surface area contributed by atoms with Gasteiger partial charge in [0.1, 0.15) is 5.69 Å². The second-order valence-corrected chi connectivity index (χ2v) is 4.93. The minimum atomic E-state index is -0.669. The topological polar surface area (TPSA) is 99.1 Å². The van der Waals surface area contributed by atoms with Crippen LogP contribution in [0.5, 0.6) is 0 Å². The highest BCUT2D eigenvalue weighted by Gasteiger charge is 2.21. The third-order valence-electron chi connectivity index (χ3n) is 3.37. The van der Waals surface area contributed by atoms with Crippen LogP contribution in [0.1, 0.15) is 35.3 Å². The van der Waals surface area contributed by atoms with E-state index < -0.39 is 6.04 Å². The van der Waals surface area contributed by atoms with Crippen LogP contribution < -0.4 is 11.5 Å². The monoisotopic (exact) mass is 284 g/mol. The van der Waals surface area contributed by atoms with E-state index >= 15 is 0 Å². The maximum absolute atomic E-state index is 12.4. The Labute approximate surface area is 123 Å². The van der Waals surface area contributed by atoms with Crippen LogP contribution in [0, 0.1) is 0 Å². The number of hydrogen-bond donors (Lipinski definition) is 2. The highest BCUT2D eigenvalue weighted by atomic mass is 16.1. The molecule has 2 aromatic rings. The van der Waals surface area contributed by atoms with Gasteiger partial charge in [0, 0.05) is 5.39 Å². The van der Waals surface area contributed by atoms with Crippen LogP contribution in [0.2, 0.25) is 0 Å². The first-order valence-corrected chi connectivity index (χ1v) is 6.95. The van der Waals surface area contributed by atoms with Gasteiger partial charge in [-0.05, 0) is 31.5 Å². The van der Waals surface area contributed by atoms with E-state index in [4.69, 9.17) is 11.5 Å². The summed E-state index contributed by atoms with van der Waals surface area (Å²) in [7, 11) is 0. The van der Waals surface area contributed by atoms with E-state index in [1.54, 1.807) is 18.4 Å². The summed E-state index contributed by atoms with van der Waals surface area (Å²) in [6.45, 7) is 0.572. The van der Waals surface area contributed by atoms with Crippen molar-refractivity contribution >= 4 is 23.0 Å². The molecule has 1 aromatic carbocycles. The van der Waals surface area contributed by atoms with Crippen molar-refractivity contribution in [1.82, 2.24) is 4.98 Å². The van der Waals surface area contributed by atoms with Gasteiger partial charge in [-0.1, -0.05) is 24.6 Å². The van der Waals surface area contributed by atoms with Crippen LogP contribution in [-0.4, -0.2) is 29.6 Å². The Morgan fingerprint density at radius 1 is 1.29 bits per heavy atom. The number of carbonyl (C=O) groups excluding carboxylic acids is 2. The summed E-state index contributed by atoms with van der Waals surface area (Å²) in [6.07, 6.45) is 3.91. The van der Waals surface area contributed by atoms with E-state index in [0.717, 1.165) is 18.2 Å². The van der Waals surface area contributed by atoms with E-state index in [-0.39, 0.29) is 17.0 Å². The van der Waals surface area contributed by atoms with Gasteiger partial charge in [0.15, 0.2) is 5.78 Å². The zero-order valence-electron chi connectivity index (χ0n) is 11.7. The van der Waals surface area contributed by atoms with Crippen molar-refractivity contribution in [3.8, 4) is 0 Å². The predicted molar refractivity (Wildman–Crippen MR) is 81.7 cm³/mol. The number of aromatic nitrogens is 1. The molecule has 0 saturated carbocycles. The molecule has 0 amide bonds. The number of carbonyl (C=O) groups is 1. The van der Waals surface area contributed by atoms with Crippen LogP contribution in [-0.2, 0) is 4.79 Å². The highest BCUT2D eigenvalue weighted by molar-refractivity contribution is 6.06. The second-order valence-electron chi connectivity index (χ2n) is 4.93. The number of fused-ring (bicyclic) bond motifs is 1. The van der Waals surface area contributed by atoms with Crippen LogP contribution in [0.4, 0.5) is 0 Å². The molecule has 0 bridgehead atoms. The van der Waals surface area contributed by atoms with Crippen molar-refractivity contribution in [3.05, 3.63) is 41.6 Å². The summed E-state index contributed by atoms with van der Waals surface area (Å²) in [4.78, 5) is 27.7. The Morgan fingerprint density at radius 2 is 2.05 bits per heavy atom. The number of hydrogen-bond acceptors (Lipinski definition) is 5. The lowest BCUT2D eigenvalue weighted by Gasteiger charge is -2.11. The number of nitrogens with zero attached hydrogens (tertiary/aromatic N) is 1. The number of benzene rings is 1. The summed E-state index contributed by atoms with van der Waals surface area (Å²) in [5.74, 6) is -0.323. The lowest BCUT2D eigenvalue weighted by atomic mass is 10.00. The van der Waals surface area contributed by atoms with Gasteiger partial charge >= 0.3 is 0 Å². The van der Waals surface area contributed by atoms with Gasteiger partial charge in [0.25, 0.3) is 0 Å². The average Bonchev–Trinajstić information content (AvgIpc) is 2.52. The van der Waals surface area contributed by atoms with Crippen molar-refractivity contribution in [1.29, 1.82) is 0 Å². The molecule has 1 radical (unpaired) electrons. The molecule has 4 N–H and O–H groups in total. The molecule has 5 heteroatoms. The van der Waals surface area contributed by atoms with Gasteiger partial charge in [-0.15, -0.1) is 0 Å². The Bertz CT molecular complexity index is 655. The number of Topliss-reactive ketones (excluding diaryl/α,β-unsaturated/α-hetero) is 1. The Morgan fingerprint density at radius 3 is 2.76 bits per heavy atom. The smallest absolute Gasteiger partial charge is 0.235 e. The van der Waals surface area contributed by atoms with E-state index in [1.807, 2.05) is 18.2 Å². The molecule has 5 nitrogen and oxygen atoms in total. The lowest BCUT2D eigenvalue weighted by Crippen LogP contribution is -2.32. The average molecular weight is 284 g/mol. The molecule has 1 atom stereocenters. The SMILES string of the molecule is NCCCC[C@@H](N)C(=O)c1nc2ccccc2cc1[C]=O. The molecule has 0 unspecified atom stereocenters. The van der Waals surface area contributed by atoms with Crippen molar-refractivity contribution in [2.75, 3.05) is 6.54 Å². The van der Waals surface area contributed by atoms with Crippen LogP contribution >= 0.6 is 0 Å². The maximum atomic E-state index is 12.4. The van der Waals surface area contributed by atoms with Crippen molar-refractivity contribution in [2.45, 2.75) is 25.3 Å². The van der Waals surface area contributed by atoms with Gasteiger partial charge < -0.3 is 11.5 Å². The fourth-order valence-electron chi connectivity index (χ4n) is 2.20.